The lowest BCUT2D eigenvalue weighted by Gasteiger charge is -2.19. The Morgan fingerprint density at radius 1 is 0.417 bits per heavy atom. The van der Waals surface area contributed by atoms with Gasteiger partial charge in [0, 0.05) is 12.8 Å². The molecule has 0 amide bonds. The second-order valence-electron chi connectivity index (χ2n) is 15.8. The number of carbonyl (C=O) groups is 2. The second-order valence-corrected chi connectivity index (χ2v) is 18.7. The van der Waals surface area contributed by atoms with Crippen LogP contribution in [-0.2, 0) is 46.3 Å². The number of unbranched alkanes of at least 4 members (excludes halogenated alkanes) is 23. The maximum absolute atomic E-state index is 12.1. The molecular weight excluding hydrogens is 818 g/mol. The predicted molar refractivity (Wildman–Crippen MR) is 233 cm³/mol. The first-order chi connectivity index (χ1) is 28.8. The van der Waals surface area contributed by atoms with Crippen molar-refractivity contribution in [1.82, 2.24) is 0 Å². The van der Waals surface area contributed by atoms with E-state index in [1.807, 2.05) is 0 Å². The number of ether oxygens (including phenoxy) is 2. The molecular formula is C43H84O15P2. The number of allylic oxidation sites excluding steroid dienone is 2. The van der Waals surface area contributed by atoms with Gasteiger partial charge in [-0.3, -0.25) is 27.7 Å². The van der Waals surface area contributed by atoms with E-state index in [1.54, 1.807) is 0 Å². The third-order valence-electron chi connectivity index (χ3n) is 9.72. The van der Waals surface area contributed by atoms with Crippen molar-refractivity contribution in [2.75, 3.05) is 39.6 Å². The normalized spacial score (nSPS) is 15.4. The van der Waals surface area contributed by atoms with Crippen LogP contribution in [0.4, 0.5) is 0 Å². The first-order valence-corrected chi connectivity index (χ1v) is 26.0. The standard InChI is InChI=1S/C43H84O15P2/c1-3-5-7-9-11-13-15-16-17-18-19-20-22-24-26-28-30-32-43(48)54-34-40(45)36-56-60(51,52)58-38-41(46)37-57-59(49,50)55-35-39(44)33-53-42(47)31-29-27-25-23-21-14-12-10-8-6-4-2/h10,12,39-41,44-46H,3-9,11,13-38H2,1-2H3,(H,49,50)(H,51,52)/b12-10-. The summed E-state index contributed by atoms with van der Waals surface area (Å²) in [5.41, 5.74) is 0. The van der Waals surface area contributed by atoms with E-state index in [2.05, 4.69) is 44.1 Å². The Morgan fingerprint density at radius 2 is 0.683 bits per heavy atom. The Labute approximate surface area is 361 Å². The summed E-state index contributed by atoms with van der Waals surface area (Å²) in [6.07, 6.45) is 30.7. The van der Waals surface area contributed by atoms with Gasteiger partial charge in [0.1, 0.15) is 31.5 Å². The number of esters is 2. The quantitative estimate of drug-likeness (QED) is 0.0166. The Morgan fingerprint density at radius 3 is 1.02 bits per heavy atom. The molecule has 0 aliphatic rings. The minimum Gasteiger partial charge on any atom is -0.463 e. The molecule has 5 N–H and O–H groups in total. The minimum atomic E-state index is -4.78. The van der Waals surface area contributed by atoms with Gasteiger partial charge in [0.25, 0.3) is 0 Å². The van der Waals surface area contributed by atoms with E-state index in [-0.39, 0.29) is 12.8 Å². The zero-order chi connectivity index (χ0) is 44.6. The van der Waals surface area contributed by atoms with E-state index in [4.69, 9.17) is 9.47 Å². The lowest BCUT2D eigenvalue weighted by molar-refractivity contribution is -0.148. The van der Waals surface area contributed by atoms with E-state index in [1.165, 1.54) is 96.3 Å². The van der Waals surface area contributed by atoms with Gasteiger partial charge in [0.2, 0.25) is 0 Å². The molecule has 0 saturated carbocycles. The van der Waals surface area contributed by atoms with E-state index >= 15 is 0 Å². The van der Waals surface area contributed by atoms with Crippen LogP contribution in [0.15, 0.2) is 12.2 Å². The molecule has 0 aromatic carbocycles. The summed E-state index contributed by atoms with van der Waals surface area (Å²) in [6.45, 7) is 0.388. The summed E-state index contributed by atoms with van der Waals surface area (Å²) < 4.78 is 52.9. The molecule has 17 heteroatoms. The van der Waals surface area contributed by atoms with Crippen LogP contribution in [0.1, 0.15) is 194 Å². The highest BCUT2D eigenvalue weighted by Crippen LogP contribution is 2.45. The van der Waals surface area contributed by atoms with Crippen molar-refractivity contribution in [1.29, 1.82) is 0 Å². The van der Waals surface area contributed by atoms with E-state index in [0.29, 0.717) is 12.8 Å². The van der Waals surface area contributed by atoms with Crippen molar-refractivity contribution >= 4 is 27.6 Å². The summed E-state index contributed by atoms with van der Waals surface area (Å²) in [4.78, 5) is 43.6. The number of aliphatic hydroxyl groups excluding tert-OH is 3. The molecule has 0 rings (SSSR count). The molecule has 0 bridgehead atoms. The molecule has 0 spiro atoms. The SMILES string of the molecule is CCCC/C=C\CCCCCCCC(=O)OCC(O)COP(=O)(O)OCC(O)COP(=O)(O)OCC(O)COC(=O)CCCCCCCCCCCCCCCCCCC. The van der Waals surface area contributed by atoms with Crippen molar-refractivity contribution in [2.24, 2.45) is 0 Å². The van der Waals surface area contributed by atoms with Crippen LogP contribution in [0.5, 0.6) is 0 Å². The fourth-order valence-electron chi connectivity index (χ4n) is 6.08. The molecule has 0 fully saturated rings. The Bertz CT molecular complexity index is 1140. The molecule has 60 heavy (non-hydrogen) atoms. The first kappa shape index (κ1) is 58.8. The van der Waals surface area contributed by atoms with Gasteiger partial charge in [-0.25, -0.2) is 9.13 Å². The third-order valence-corrected chi connectivity index (χ3v) is 11.6. The van der Waals surface area contributed by atoms with Gasteiger partial charge in [0.05, 0.1) is 26.4 Å². The van der Waals surface area contributed by atoms with Crippen molar-refractivity contribution in [2.45, 2.75) is 212 Å². The number of hydrogen-bond donors (Lipinski definition) is 5. The molecule has 0 aliphatic heterocycles. The molecule has 5 unspecified atom stereocenters. The van der Waals surface area contributed by atoms with E-state index < -0.39 is 85.5 Å². The molecule has 15 nitrogen and oxygen atoms in total. The lowest BCUT2D eigenvalue weighted by atomic mass is 10.0. The number of phosphoric acid groups is 2. The van der Waals surface area contributed by atoms with E-state index in [0.717, 1.165) is 57.8 Å². The van der Waals surface area contributed by atoms with Crippen molar-refractivity contribution in [3.63, 3.8) is 0 Å². The first-order valence-electron chi connectivity index (χ1n) is 23.0. The van der Waals surface area contributed by atoms with Gasteiger partial charge in [-0.05, 0) is 32.1 Å². The number of aliphatic hydroxyl groups is 3. The Hall–Kier alpha value is -1.22. The van der Waals surface area contributed by atoms with Crippen molar-refractivity contribution in [3.8, 4) is 0 Å². The fourth-order valence-corrected chi connectivity index (χ4v) is 7.67. The van der Waals surface area contributed by atoms with Crippen LogP contribution in [-0.4, -0.2) is 95.0 Å². The van der Waals surface area contributed by atoms with Crippen LogP contribution in [0, 0.1) is 0 Å². The zero-order valence-electron chi connectivity index (χ0n) is 37.1. The van der Waals surface area contributed by atoms with Crippen LogP contribution >= 0.6 is 15.6 Å². The van der Waals surface area contributed by atoms with Crippen molar-refractivity contribution in [3.05, 3.63) is 12.2 Å². The molecule has 356 valence electrons. The molecule has 0 heterocycles. The lowest BCUT2D eigenvalue weighted by Crippen LogP contribution is -2.25. The molecule has 0 aromatic heterocycles. The topological polar surface area (TPSA) is 225 Å². The predicted octanol–water partition coefficient (Wildman–Crippen LogP) is 9.94. The average Bonchev–Trinajstić information content (AvgIpc) is 3.22. The summed E-state index contributed by atoms with van der Waals surface area (Å²) >= 11 is 0. The number of rotatable bonds is 45. The highest BCUT2D eigenvalue weighted by molar-refractivity contribution is 7.47. The van der Waals surface area contributed by atoms with Crippen LogP contribution < -0.4 is 0 Å². The Kier molecular flexibility index (Phi) is 39.7. The van der Waals surface area contributed by atoms with Crippen LogP contribution in [0.25, 0.3) is 0 Å². The van der Waals surface area contributed by atoms with Gasteiger partial charge in [-0.2, -0.15) is 0 Å². The molecule has 0 aromatic rings. The minimum absolute atomic E-state index is 0.188. The van der Waals surface area contributed by atoms with Crippen LogP contribution in [0.3, 0.4) is 0 Å². The average molecular weight is 903 g/mol. The maximum Gasteiger partial charge on any atom is 0.472 e. The number of carbonyl (C=O) groups excluding carboxylic acids is 2. The molecule has 0 aliphatic carbocycles. The molecule has 0 saturated heterocycles. The number of hydrogen-bond acceptors (Lipinski definition) is 13. The van der Waals surface area contributed by atoms with Gasteiger partial charge >= 0.3 is 27.6 Å². The number of phosphoric ester groups is 2. The maximum atomic E-state index is 12.1. The monoisotopic (exact) mass is 903 g/mol. The molecule has 0 radical (unpaired) electrons. The van der Waals surface area contributed by atoms with Crippen molar-refractivity contribution < 1.29 is 71.4 Å². The highest BCUT2D eigenvalue weighted by atomic mass is 31.2. The van der Waals surface area contributed by atoms with Gasteiger partial charge in [-0.15, -0.1) is 0 Å². The van der Waals surface area contributed by atoms with E-state index in [9.17, 15) is 43.8 Å². The summed E-state index contributed by atoms with van der Waals surface area (Å²) in [5, 5.41) is 29.9. The van der Waals surface area contributed by atoms with Gasteiger partial charge in [0.15, 0.2) is 0 Å². The smallest absolute Gasteiger partial charge is 0.463 e. The summed E-state index contributed by atoms with van der Waals surface area (Å²) in [5.74, 6) is -0.998. The van der Waals surface area contributed by atoms with Crippen LogP contribution in [0.2, 0.25) is 0 Å². The summed E-state index contributed by atoms with van der Waals surface area (Å²) in [7, 11) is -9.55. The second kappa shape index (κ2) is 40.5. The molecule has 5 atom stereocenters. The Balaban J connectivity index is 3.88. The van der Waals surface area contributed by atoms with Gasteiger partial charge < -0.3 is 34.6 Å². The van der Waals surface area contributed by atoms with Gasteiger partial charge in [-0.1, -0.05) is 161 Å². The fraction of sp³-hybridized carbons (Fsp3) is 0.907. The zero-order valence-corrected chi connectivity index (χ0v) is 38.9. The largest absolute Gasteiger partial charge is 0.472 e. The third kappa shape index (κ3) is 42.1. The summed E-state index contributed by atoms with van der Waals surface area (Å²) in [6, 6.07) is 0. The highest BCUT2D eigenvalue weighted by Gasteiger charge is 2.28.